The zero-order valence-corrected chi connectivity index (χ0v) is 18.9. The van der Waals surface area contributed by atoms with Gasteiger partial charge in [-0.05, 0) is 52.9 Å². The Kier molecular flexibility index (Phi) is 5.76. The highest BCUT2D eigenvalue weighted by Crippen LogP contribution is 2.51. The highest BCUT2D eigenvalue weighted by Gasteiger charge is 2.56. The van der Waals surface area contributed by atoms with Crippen LogP contribution in [0.2, 0.25) is 0 Å². The van der Waals surface area contributed by atoms with E-state index in [1.54, 1.807) is 22.6 Å². The average Bonchev–Trinajstić information content (AvgIpc) is 3.34. The van der Waals surface area contributed by atoms with Crippen LogP contribution in [0, 0.1) is 9.39 Å². The Morgan fingerprint density at radius 3 is 2.55 bits per heavy atom. The monoisotopic (exact) mass is 578 g/mol. The smallest absolute Gasteiger partial charge is 0.449 e. The first-order valence-corrected chi connectivity index (χ1v) is 10.4. The molecule has 4 rings (SSSR count). The number of amides is 1. The number of benzene rings is 1. The highest BCUT2D eigenvalue weighted by atomic mass is 127. The van der Waals surface area contributed by atoms with E-state index in [0.717, 1.165) is 23.1 Å². The molecular weight excluding hydrogens is 563 g/mol. The van der Waals surface area contributed by atoms with Gasteiger partial charge < -0.3 is 24.3 Å². The molecule has 0 saturated heterocycles. The van der Waals surface area contributed by atoms with Gasteiger partial charge in [0.05, 0.1) is 29.5 Å². The third-order valence-electron chi connectivity index (χ3n) is 5.35. The van der Waals surface area contributed by atoms with Crippen LogP contribution in [-0.4, -0.2) is 34.8 Å². The van der Waals surface area contributed by atoms with E-state index >= 15 is 0 Å². The summed E-state index contributed by atoms with van der Waals surface area (Å²) in [4.78, 5) is 18.9. The number of pyridine rings is 1. The van der Waals surface area contributed by atoms with Crippen LogP contribution >= 0.6 is 22.6 Å². The van der Waals surface area contributed by atoms with Gasteiger partial charge in [-0.3, -0.25) is 4.79 Å². The van der Waals surface area contributed by atoms with E-state index < -0.39 is 48.0 Å². The molecule has 1 aromatic carbocycles. The number of methoxy groups -OCH3 is 1. The van der Waals surface area contributed by atoms with Crippen molar-refractivity contribution in [3.8, 4) is 11.6 Å². The van der Waals surface area contributed by atoms with Crippen molar-refractivity contribution >= 4 is 34.2 Å². The standard InChI is InChI=1S/C21H15F4IN2O5/c1-32-15-7-5-13(30)18(27-15)20(9-29)16-12(4-3-11(22)17(16)26)28(19(20)31)8-10-2-6-14(33-10)21(23,24)25/h2-7,29-30H,8-9H2,1H3. The molecule has 0 fully saturated rings. The number of nitrogens with zero attached hydrogens (tertiary/aromatic N) is 2. The van der Waals surface area contributed by atoms with E-state index in [9.17, 15) is 32.6 Å². The van der Waals surface area contributed by atoms with Crippen molar-refractivity contribution in [2.45, 2.75) is 18.1 Å². The number of carbonyl (C=O) groups excluding carboxylic acids is 1. The topological polar surface area (TPSA) is 96.0 Å². The van der Waals surface area contributed by atoms with Gasteiger partial charge in [0, 0.05) is 11.6 Å². The first-order chi connectivity index (χ1) is 15.5. The number of hydrogen-bond donors (Lipinski definition) is 2. The number of fused-ring (bicyclic) bond motifs is 1. The van der Waals surface area contributed by atoms with Crippen molar-refractivity contribution in [3.63, 3.8) is 0 Å². The molecule has 0 aliphatic carbocycles. The molecule has 1 amide bonds. The maximum Gasteiger partial charge on any atom is 0.449 e. The number of halogens is 5. The van der Waals surface area contributed by atoms with E-state index in [1.807, 2.05) is 0 Å². The SMILES string of the molecule is COc1ccc(O)c(C2(CO)C(=O)N(Cc3ccc(C(F)(F)F)o3)c3ccc(F)c(I)c32)n1. The first-order valence-electron chi connectivity index (χ1n) is 9.36. The van der Waals surface area contributed by atoms with Crippen LogP contribution in [0.5, 0.6) is 11.6 Å². The number of rotatable bonds is 5. The molecule has 0 saturated carbocycles. The molecule has 1 aliphatic rings. The van der Waals surface area contributed by atoms with Crippen molar-refractivity contribution in [2.24, 2.45) is 0 Å². The number of furan rings is 1. The van der Waals surface area contributed by atoms with Crippen LogP contribution in [0.15, 0.2) is 40.8 Å². The third-order valence-corrected chi connectivity index (χ3v) is 6.41. The van der Waals surface area contributed by atoms with Crippen molar-refractivity contribution < 1.29 is 41.7 Å². The molecule has 1 aliphatic heterocycles. The largest absolute Gasteiger partial charge is 0.506 e. The van der Waals surface area contributed by atoms with Crippen LogP contribution in [0.1, 0.15) is 22.8 Å². The summed E-state index contributed by atoms with van der Waals surface area (Å²) in [5.41, 5.74) is -2.16. The molecule has 3 aromatic rings. The number of aromatic nitrogens is 1. The number of aromatic hydroxyl groups is 1. The Bertz CT molecular complexity index is 1250. The quantitative estimate of drug-likeness (QED) is 0.352. The van der Waals surface area contributed by atoms with Crippen molar-refractivity contribution in [2.75, 3.05) is 18.6 Å². The minimum Gasteiger partial charge on any atom is -0.506 e. The molecule has 2 N–H and O–H groups in total. The minimum atomic E-state index is -4.71. The third kappa shape index (κ3) is 3.60. The summed E-state index contributed by atoms with van der Waals surface area (Å²) >= 11 is 1.66. The second-order valence-corrected chi connectivity index (χ2v) is 8.27. The molecule has 0 radical (unpaired) electrons. The van der Waals surface area contributed by atoms with Crippen LogP contribution < -0.4 is 9.64 Å². The fourth-order valence-electron chi connectivity index (χ4n) is 3.85. The molecule has 0 spiro atoms. The molecule has 2 aromatic heterocycles. The van der Waals surface area contributed by atoms with E-state index in [2.05, 4.69) is 4.98 Å². The van der Waals surface area contributed by atoms with Crippen LogP contribution in [0.3, 0.4) is 0 Å². The van der Waals surface area contributed by atoms with E-state index in [1.165, 1.54) is 25.3 Å². The van der Waals surface area contributed by atoms with Gasteiger partial charge in [0.25, 0.3) is 0 Å². The molecule has 12 heteroatoms. The van der Waals surface area contributed by atoms with Crippen LogP contribution in [0.25, 0.3) is 0 Å². The van der Waals surface area contributed by atoms with Crippen molar-refractivity contribution in [1.29, 1.82) is 0 Å². The van der Waals surface area contributed by atoms with E-state index in [0.29, 0.717) is 0 Å². The van der Waals surface area contributed by atoms with Gasteiger partial charge in [-0.2, -0.15) is 13.2 Å². The van der Waals surface area contributed by atoms with Crippen LogP contribution in [0.4, 0.5) is 23.2 Å². The summed E-state index contributed by atoms with van der Waals surface area (Å²) < 4.78 is 63.3. The number of alkyl halides is 3. The molecular formula is C21H15F4IN2O5. The van der Waals surface area contributed by atoms with Gasteiger partial charge in [0.15, 0.2) is 0 Å². The maximum atomic E-state index is 14.6. The second-order valence-electron chi connectivity index (χ2n) is 7.20. The molecule has 7 nitrogen and oxygen atoms in total. The summed E-state index contributed by atoms with van der Waals surface area (Å²) in [6.45, 7) is -1.34. The highest BCUT2D eigenvalue weighted by molar-refractivity contribution is 14.1. The molecule has 1 atom stereocenters. The van der Waals surface area contributed by atoms with E-state index in [4.69, 9.17) is 9.15 Å². The van der Waals surface area contributed by atoms with Crippen molar-refractivity contribution in [1.82, 2.24) is 4.98 Å². The number of aliphatic hydroxyl groups is 1. The molecule has 0 bridgehead atoms. The van der Waals surface area contributed by atoms with Gasteiger partial charge in [-0.15, -0.1) is 0 Å². The van der Waals surface area contributed by atoms with Crippen molar-refractivity contribution in [3.05, 3.63) is 68.6 Å². The lowest BCUT2D eigenvalue weighted by Gasteiger charge is -2.27. The maximum absolute atomic E-state index is 14.6. The fraction of sp³-hybridized carbons (Fsp3) is 0.238. The summed E-state index contributed by atoms with van der Waals surface area (Å²) in [5.74, 6) is -3.37. The molecule has 3 heterocycles. The normalized spacial score (nSPS) is 18.0. The van der Waals surface area contributed by atoms with Crippen LogP contribution in [-0.2, 0) is 22.9 Å². The molecule has 33 heavy (non-hydrogen) atoms. The Labute approximate surface area is 197 Å². The summed E-state index contributed by atoms with van der Waals surface area (Å²) in [6, 6.07) is 6.72. The van der Waals surface area contributed by atoms with Gasteiger partial charge in [0.2, 0.25) is 17.5 Å². The zero-order chi connectivity index (χ0) is 24.1. The first kappa shape index (κ1) is 23.3. The number of carbonyl (C=O) groups is 1. The zero-order valence-electron chi connectivity index (χ0n) is 16.8. The Hall–Kier alpha value is -2.87. The number of anilines is 1. The summed E-state index contributed by atoms with van der Waals surface area (Å²) in [7, 11) is 1.31. The number of aliphatic hydroxyl groups excluding tert-OH is 1. The fourth-order valence-corrected chi connectivity index (χ4v) is 4.77. The van der Waals surface area contributed by atoms with Gasteiger partial charge >= 0.3 is 6.18 Å². The lowest BCUT2D eigenvalue weighted by molar-refractivity contribution is -0.153. The van der Waals surface area contributed by atoms with Gasteiger partial charge in [-0.1, -0.05) is 0 Å². The Morgan fingerprint density at radius 2 is 1.94 bits per heavy atom. The minimum absolute atomic E-state index is 0.0190. The van der Waals surface area contributed by atoms with E-state index in [-0.39, 0.29) is 32.2 Å². The Balaban J connectivity index is 1.91. The molecule has 1 unspecified atom stereocenters. The number of ether oxygens (including phenoxy) is 1. The summed E-state index contributed by atoms with van der Waals surface area (Å²) in [5, 5.41) is 21.0. The predicted octanol–water partition coefficient (Wildman–Crippen LogP) is 3.98. The van der Waals surface area contributed by atoms with Gasteiger partial charge in [-0.25, -0.2) is 9.37 Å². The van der Waals surface area contributed by atoms with Gasteiger partial charge in [0.1, 0.15) is 28.4 Å². The second kappa shape index (κ2) is 8.17. The lowest BCUT2D eigenvalue weighted by atomic mass is 9.78. The lowest BCUT2D eigenvalue weighted by Crippen LogP contribution is -2.44. The predicted molar refractivity (Wildman–Crippen MR) is 114 cm³/mol. The average molecular weight is 578 g/mol. The molecule has 174 valence electrons. The number of hydrogen-bond acceptors (Lipinski definition) is 6. The summed E-state index contributed by atoms with van der Waals surface area (Å²) in [6.07, 6.45) is -4.71. The Morgan fingerprint density at radius 1 is 1.21 bits per heavy atom.